The predicted octanol–water partition coefficient (Wildman–Crippen LogP) is 4.77. The van der Waals surface area contributed by atoms with Gasteiger partial charge in [-0.1, -0.05) is 73.4 Å². The van der Waals surface area contributed by atoms with Gasteiger partial charge in [0.15, 0.2) is 0 Å². The highest BCUT2D eigenvalue weighted by molar-refractivity contribution is 6.42. The summed E-state index contributed by atoms with van der Waals surface area (Å²) in [5.74, 6) is 0.0802. The highest BCUT2D eigenvalue weighted by Gasteiger charge is 2.26. The average molecular weight is 435 g/mol. The Bertz CT molecular complexity index is 825. The van der Waals surface area contributed by atoms with Gasteiger partial charge >= 0.3 is 0 Å². The Kier molecular flexibility index (Phi) is 8.99. The van der Waals surface area contributed by atoms with Crippen LogP contribution >= 0.6 is 23.2 Å². The Morgan fingerprint density at radius 1 is 0.966 bits per heavy atom. The molecule has 2 rings (SSSR count). The van der Waals surface area contributed by atoms with E-state index in [9.17, 15) is 9.59 Å². The third kappa shape index (κ3) is 7.37. The first kappa shape index (κ1) is 23.2. The maximum absolute atomic E-state index is 13.1. The number of rotatable bonds is 9. The van der Waals surface area contributed by atoms with Gasteiger partial charge in [-0.15, -0.1) is 0 Å². The molecule has 0 bridgehead atoms. The lowest BCUT2D eigenvalue weighted by molar-refractivity contribution is -0.139. The zero-order chi connectivity index (χ0) is 21.4. The van der Waals surface area contributed by atoms with Crippen LogP contribution in [0.4, 0.5) is 0 Å². The van der Waals surface area contributed by atoms with E-state index in [1.807, 2.05) is 44.2 Å². The minimum Gasteiger partial charge on any atom is -0.354 e. The summed E-state index contributed by atoms with van der Waals surface area (Å²) < 4.78 is 0. The Labute approximate surface area is 183 Å². The number of nitrogens with zero attached hydrogens (tertiary/aromatic N) is 1. The van der Waals surface area contributed by atoms with Crippen LogP contribution in [0.3, 0.4) is 0 Å². The molecule has 0 aromatic heterocycles. The lowest BCUT2D eigenvalue weighted by Crippen LogP contribution is -2.49. The number of hydrogen-bond acceptors (Lipinski definition) is 2. The maximum Gasteiger partial charge on any atom is 0.242 e. The lowest BCUT2D eigenvalue weighted by Gasteiger charge is -2.29. The van der Waals surface area contributed by atoms with Crippen molar-refractivity contribution in [2.24, 2.45) is 5.92 Å². The summed E-state index contributed by atoms with van der Waals surface area (Å²) in [7, 11) is 0. The van der Waals surface area contributed by atoms with Crippen molar-refractivity contribution in [2.75, 3.05) is 13.1 Å². The number of amides is 2. The van der Waals surface area contributed by atoms with Gasteiger partial charge in [0.2, 0.25) is 11.8 Å². The van der Waals surface area contributed by atoms with Crippen LogP contribution in [-0.2, 0) is 22.4 Å². The van der Waals surface area contributed by atoms with Crippen molar-refractivity contribution in [3.63, 3.8) is 0 Å². The molecule has 0 unspecified atom stereocenters. The molecule has 2 aromatic carbocycles. The highest BCUT2D eigenvalue weighted by atomic mass is 35.5. The second kappa shape index (κ2) is 11.2. The molecule has 29 heavy (non-hydrogen) atoms. The van der Waals surface area contributed by atoms with Crippen molar-refractivity contribution in [2.45, 2.75) is 39.7 Å². The second-order valence-electron chi connectivity index (χ2n) is 7.56. The maximum atomic E-state index is 13.1. The van der Waals surface area contributed by atoms with Gasteiger partial charge in [0.25, 0.3) is 0 Å². The average Bonchev–Trinajstić information content (AvgIpc) is 2.69. The normalized spacial score (nSPS) is 11.9. The largest absolute Gasteiger partial charge is 0.354 e. The molecule has 0 aliphatic heterocycles. The van der Waals surface area contributed by atoms with Crippen molar-refractivity contribution in [1.82, 2.24) is 10.2 Å². The monoisotopic (exact) mass is 434 g/mol. The van der Waals surface area contributed by atoms with E-state index in [0.29, 0.717) is 35.5 Å². The molecule has 4 nitrogen and oxygen atoms in total. The van der Waals surface area contributed by atoms with E-state index < -0.39 is 6.04 Å². The number of nitrogens with one attached hydrogen (secondary N) is 1. The van der Waals surface area contributed by atoms with Crippen molar-refractivity contribution in [3.05, 3.63) is 69.7 Å². The van der Waals surface area contributed by atoms with Gasteiger partial charge in [-0.3, -0.25) is 9.59 Å². The molecule has 0 spiro atoms. The SMILES string of the molecule is CC(C)CNC(=O)[C@@H](C)N(CCc1ccccc1)C(=O)Cc1ccc(Cl)c(Cl)c1. The molecule has 0 fully saturated rings. The van der Waals surface area contributed by atoms with Gasteiger partial charge < -0.3 is 10.2 Å². The summed E-state index contributed by atoms with van der Waals surface area (Å²) in [6.45, 7) is 6.88. The standard InChI is InChI=1S/C23H28Cl2N2O2/c1-16(2)15-26-23(29)17(3)27(12-11-18-7-5-4-6-8-18)22(28)14-19-9-10-20(24)21(25)13-19/h4-10,13,16-17H,11-12,14-15H2,1-3H3,(H,26,29)/t17-/m1/s1. The molecule has 0 heterocycles. The van der Waals surface area contributed by atoms with E-state index in [2.05, 4.69) is 5.32 Å². The first-order valence-electron chi connectivity index (χ1n) is 9.83. The number of benzene rings is 2. The van der Waals surface area contributed by atoms with E-state index >= 15 is 0 Å². The fourth-order valence-electron chi connectivity index (χ4n) is 2.95. The van der Waals surface area contributed by atoms with Gasteiger partial charge in [-0.05, 0) is 42.5 Å². The number of halogens is 2. The van der Waals surface area contributed by atoms with Crippen molar-refractivity contribution in [1.29, 1.82) is 0 Å². The van der Waals surface area contributed by atoms with Crippen LogP contribution in [0, 0.1) is 5.92 Å². The van der Waals surface area contributed by atoms with Gasteiger partial charge in [0, 0.05) is 13.1 Å². The van der Waals surface area contributed by atoms with Gasteiger partial charge in [0.1, 0.15) is 6.04 Å². The van der Waals surface area contributed by atoms with Crippen molar-refractivity contribution in [3.8, 4) is 0 Å². The molecular formula is C23H28Cl2N2O2. The molecule has 156 valence electrons. The first-order valence-corrected chi connectivity index (χ1v) is 10.6. The fourth-order valence-corrected chi connectivity index (χ4v) is 3.27. The van der Waals surface area contributed by atoms with Crippen molar-refractivity contribution < 1.29 is 9.59 Å². The molecule has 0 aliphatic carbocycles. The predicted molar refractivity (Wildman–Crippen MR) is 119 cm³/mol. The summed E-state index contributed by atoms with van der Waals surface area (Å²) in [6, 6.07) is 14.5. The molecule has 0 radical (unpaired) electrons. The lowest BCUT2D eigenvalue weighted by atomic mass is 10.1. The van der Waals surface area contributed by atoms with Crippen LogP contribution < -0.4 is 5.32 Å². The van der Waals surface area contributed by atoms with E-state index in [0.717, 1.165) is 11.1 Å². The van der Waals surface area contributed by atoms with Crippen LogP contribution in [0.1, 0.15) is 31.9 Å². The van der Waals surface area contributed by atoms with Gasteiger partial charge in [0.05, 0.1) is 16.5 Å². The molecule has 0 aliphatic rings. The van der Waals surface area contributed by atoms with E-state index in [1.165, 1.54) is 0 Å². The van der Waals surface area contributed by atoms with E-state index in [4.69, 9.17) is 23.2 Å². The smallest absolute Gasteiger partial charge is 0.242 e. The minimum absolute atomic E-state index is 0.119. The third-order valence-electron chi connectivity index (χ3n) is 4.68. The topological polar surface area (TPSA) is 49.4 Å². The molecule has 0 saturated heterocycles. The highest BCUT2D eigenvalue weighted by Crippen LogP contribution is 2.23. The zero-order valence-corrected chi connectivity index (χ0v) is 18.6. The molecular weight excluding hydrogens is 407 g/mol. The summed E-state index contributed by atoms with van der Waals surface area (Å²) in [6.07, 6.45) is 0.837. The zero-order valence-electron chi connectivity index (χ0n) is 17.1. The van der Waals surface area contributed by atoms with Crippen LogP contribution in [0.2, 0.25) is 10.0 Å². The summed E-state index contributed by atoms with van der Waals surface area (Å²) >= 11 is 12.1. The molecule has 0 saturated carbocycles. The third-order valence-corrected chi connectivity index (χ3v) is 5.41. The molecule has 6 heteroatoms. The van der Waals surface area contributed by atoms with Gasteiger partial charge in [-0.25, -0.2) is 0 Å². The van der Waals surface area contributed by atoms with Crippen LogP contribution in [0.5, 0.6) is 0 Å². The van der Waals surface area contributed by atoms with Crippen molar-refractivity contribution >= 4 is 35.0 Å². The fraction of sp³-hybridized carbons (Fsp3) is 0.391. The summed E-state index contributed by atoms with van der Waals surface area (Å²) in [5, 5.41) is 3.79. The molecule has 2 aromatic rings. The summed E-state index contributed by atoms with van der Waals surface area (Å²) in [4.78, 5) is 27.3. The minimum atomic E-state index is -0.562. The van der Waals surface area contributed by atoms with E-state index in [1.54, 1.807) is 30.0 Å². The number of carbonyl (C=O) groups is 2. The van der Waals surface area contributed by atoms with E-state index in [-0.39, 0.29) is 18.2 Å². The van der Waals surface area contributed by atoms with Crippen LogP contribution in [-0.4, -0.2) is 35.8 Å². The summed E-state index contributed by atoms with van der Waals surface area (Å²) in [5.41, 5.74) is 1.89. The Morgan fingerprint density at radius 3 is 2.28 bits per heavy atom. The Balaban J connectivity index is 2.13. The Hall–Kier alpha value is -2.04. The molecule has 1 N–H and O–H groups in total. The van der Waals surface area contributed by atoms with Crippen LogP contribution in [0.25, 0.3) is 0 Å². The van der Waals surface area contributed by atoms with Gasteiger partial charge in [-0.2, -0.15) is 0 Å². The Morgan fingerprint density at radius 2 is 1.66 bits per heavy atom. The number of carbonyl (C=O) groups excluding carboxylic acids is 2. The number of hydrogen-bond donors (Lipinski definition) is 1. The molecule has 1 atom stereocenters. The van der Waals surface area contributed by atoms with Crippen LogP contribution in [0.15, 0.2) is 48.5 Å². The second-order valence-corrected chi connectivity index (χ2v) is 8.38. The quantitative estimate of drug-likeness (QED) is 0.617. The first-order chi connectivity index (χ1) is 13.8. The molecule has 2 amide bonds.